The molecule has 0 aliphatic carbocycles. The highest BCUT2D eigenvalue weighted by Crippen LogP contribution is 2.15. The van der Waals surface area contributed by atoms with Gasteiger partial charge in [-0.15, -0.1) is 0 Å². The van der Waals surface area contributed by atoms with Crippen LogP contribution in [0.1, 0.15) is 207 Å². The summed E-state index contributed by atoms with van der Waals surface area (Å²) in [5, 5.41) is 0. The minimum atomic E-state index is -0.408. The average molecular weight is 599 g/mol. The van der Waals surface area contributed by atoms with E-state index < -0.39 is 12.5 Å². The molecule has 2 unspecified atom stereocenters. The number of carbonyl (C=O) groups excluding carboxylic acids is 2. The average Bonchev–Trinajstić information content (AvgIpc) is 2.93. The van der Waals surface area contributed by atoms with E-state index in [1.165, 1.54) is 168 Å². The number of unbranched alkanes of at least 4 members (excludes halogenated alkanes) is 24. The van der Waals surface area contributed by atoms with Gasteiger partial charge < -0.3 is 9.47 Å². The third kappa shape index (κ3) is 41.0. The number of rotatable bonds is 30. The van der Waals surface area contributed by atoms with Crippen molar-refractivity contribution in [2.24, 2.45) is 11.5 Å². The first-order valence-corrected chi connectivity index (χ1v) is 18.2. The number of esters is 2. The largest absolute Gasteiger partial charge is 0.447 e. The summed E-state index contributed by atoms with van der Waals surface area (Å²) in [6.07, 6.45) is 35.7. The SMILES string of the molecule is CCCCCCCCCCCCCC(N)OC(C)=O.CCCCCCCCCCCCCCCCCC(N)OC(C)=O. The van der Waals surface area contributed by atoms with Crippen LogP contribution in [0.3, 0.4) is 0 Å². The van der Waals surface area contributed by atoms with Crippen LogP contribution in [0.5, 0.6) is 0 Å². The van der Waals surface area contributed by atoms with E-state index in [-0.39, 0.29) is 11.9 Å². The van der Waals surface area contributed by atoms with Crippen LogP contribution in [0.2, 0.25) is 0 Å². The summed E-state index contributed by atoms with van der Waals surface area (Å²) < 4.78 is 9.79. The number of hydrogen-bond donors (Lipinski definition) is 2. The Kier molecular flexibility index (Phi) is 36.9. The van der Waals surface area contributed by atoms with Gasteiger partial charge in [0.15, 0.2) is 12.5 Å². The molecule has 4 N–H and O–H groups in total. The Balaban J connectivity index is 0. The maximum atomic E-state index is 10.7. The summed E-state index contributed by atoms with van der Waals surface area (Å²) in [5.74, 6) is -0.561. The summed E-state index contributed by atoms with van der Waals surface area (Å²) >= 11 is 0. The van der Waals surface area contributed by atoms with Crippen LogP contribution < -0.4 is 11.5 Å². The van der Waals surface area contributed by atoms with Crippen LogP contribution in [-0.2, 0) is 19.1 Å². The first-order valence-electron chi connectivity index (χ1n) is 18.2. The molecule has 0 radical (unpaired) electrons. The molecule has 0 aromatic rings. The van der Waals surface area contributed by atoms with Gasteiger partial charge in [0.1, 0.15) is 0 Å². The molecule has 0 aromatic heterocycles. The van der Waals surface area contributed by atoms with E-state index in [4.69, 9.17) is 20.9 Å². The molecule has 0 saturated carbocycles. The van der Waals surface area contributed by atoms with E-state index in [0.717, 1.165) is 25.7 Å². The van der Waals surface area contributed by atoms with Crippen molar-refractivity contribution in [3.8, 4) is 0 Å². The lowest BCUT2D eigenvalue weighted by molar-refractivity contribution is -0.147. The predicted molar refractivity (Wildman–Crippen MR) is 180 cm³/mol. The van der Waals surface area contributed by atoms with Gasteiger partial charge in [-0.2, -0.15) is 0 Å². The molecule has 2 atom stereocenters. The van der Waals surface area contributed by atoms with Crippen LogP contribution in [0, 0.1) is 0 Å². The minimum absolute atomic E-state index is 0.279. The van der Waals surface area contributed by atoms with Gasteiger partial charge in [-0.05, 0) is 25.7 Å². The summed E-state index contributed by atoms with van der Waals surface area (Å²) in [6.45, 7) is 7.35. The van der Waals surface area contributed by atoms with Gasteiger partial charge in [-0.3, -0.25) is 21.1 Å². The monoisotopic (exact) mass is 599 g/mol. The van der Waals surface area contributed by atoms with E-state index >= 15 is 0 Å². The summed E-state index contributed by atoms with van der Waals surface area (Å²) in [4.78, 5) is 21.4. The molecule has 0 aliphatic rings. The minimum Gasteiger partial charge on any atom is -0.447 e. The molecule has 0 aromatic carbocycles. The van der Waals surface area contributed by atoms with Crippen molar-refractivity contribution in [3.05, 3.63) is 0 Å². The van der Waals surface area contributed by atoms with Crippen molar-refractivity contribution in [3.63, 3.8) is 0 Å². The smallest absolute Gasteiger partial charge is 0.304 e. The summed E-state index contributed by atoms with van der Waals surface area (Å²) in [6, 6.07) is 0. The highest BCUT2D eigenvalue weighted by Gasteiger charge is 2.05. The Hall–Kier alpha value is -1.14. The lowest BCUT2D eigenvalue weighted by atomic mass is 10.0. The van der Waals surface area contributed by atoms with E-state index in [2.05, 4.69) is 13.8 Å². The number of hydrogen-bond acceptors (Lipinski definition) is 6. The molecule has 0 spiro atoms. The van der Waals surface area contributed by atoms with Crippen LogP contribution in [0.15, 0.2) is 0 Å². The molecule has 0 fully saturated rings. The molecule has 0 bridgehead atoms. The zero-order valence-electron chi connectivity index (χ0n) is 28.7. The Morgan fingerprint density at radius 1 is 0.405 bits per heavy atom. The fourth-order valence-corrected chi connectivity index (χ4v) is 5.27. The highest BCUT2D eigenvalue weighted by molar-refractivity contribution is 5.66. The molecule has 252 valence electrons. The topological polar surface area (TPSA) is 105 Å². The molecule has 0 saturated heterocycles. The van der Waals surface area contributed by atoms with Crippen molar-refractivity contribution in [1.82, 2.24) is 0 Å². The van der Waals surface area contributed by atoms with Crippen LogP contribution in [0.25, 0.3) is 0 Å². The van der Waals surface area contributed by atoms with Gasteiger partial charge in [-0.1, -0.05) is 168 Å². The number of ether oxygens (including phenoxy) is 2. The zero-order valence-corrected chi connectivity index (χ0v) is 28.7. The third-order valence-electron chi connectivity index (χ3n) is 7.82. The zero-order chi connectivity index (χ0) is 31.5. The van der Waals surface area contributed by atoms with Crippen LogP contribution in [-0.4, -0.2) is 24.4 Å². The van der Waals surface area contributed by atoms with E-state index in [1.807, 2.05) is 0 Å². The van der Waals surface area contributed by atoms with Gasteiger partial charge in [0, 0.05) is 13.8 Å². The van der Waals surface area contributed by atoms with Crippen molar-refractivity contribution < 1.29 is 19.1 Å². The Morgan fingerprint density at radius 3 is 0.786 bits per heavy atom. The maximum Gasteiger partial charge on any atom is 0.304 e. The van der Waals surface area contributed by atoms with Crippen molar-refractivity contribution in [2.45, 2.75) is 220 Å². The van der Waals surface area contributed by atoms with Gasteiger partial charge >= 0.3 is 11.9 Å². The van der Waals surface area contributed by atoms with Crippen molar-refractivity contribution in [1.29, 1.82) is 0 Å². The first-order chi connectivity index (χ1) is 20.3. The molecule has 6 heteroatoms. The van der Waals surface area contributed by atoms with Gasteiger partial charge in [0.05, 0.1) is 0 Å². The Morgan fingerprint density at radius 2 is 0.595 bits per heavy atom. The molecular weight excluding hydrogens is 524 g/mol. The fourth-order valence-electron chi connectivity index (χ4n) is 5.27. The molecule has 0 heterocycles. The Labute approximate surface area is 262 Å². The van der Waals surface area contributed by atoms with E-state index in [0.29, 0.717) is 0 Å². The summed E-state index contributed by atoms with van der Waals surface area (Å²) in [7, 11) is 0. The standard InChI is InChI=1S/C20H41NO2.C16H33NO2/c1-3-4-5-6-7-8-9-10-11-12-13-14-15-16-17-18-20(21)23-19(2)22;1-3-4-5-6-7-8-9-10-11-12-13-14-16(17)19-15(2)18/h20H,3-18,21H2,1-2H3;16H,3-14,17H2,1-2H3. The summed E-state index contributed by atoms with van der Waals surface area (Å²) in [5.41, 5.74) is 11.3. The van der Waals surface area contributed by atoms with Gasteiger partial charge in [-0.25, -0.2) is 0 Å². The number of nitrogens with two attached hydrogens (primary N) is 2. The second-order valence-electron chi connectivity index (χ2n) is 12.4. The molecule has 0 aliphatic heterocycles. The van der Waals surface area contributed by atoms with Crippen molar-refractivity contribution >= 4 is 11.9 Å². The lowest BCUT2D eigenvalue weighted by Crippen LogP contribution is -2.25. The highest BCUT2D eigenvalue weighted by atomic mass is 16.6. The number of carbonyl (C=O) groups is 2. The third-order valence-corrected chi connectivity index (χ3v) is 7.82. The lowest BCUT2D eigenvalue weighted by Gasteiger charge is -2.11. The normalized spacial score (nSPS) is 12.3. The quantitative estimate of drug-likeness (QED) is 0.0484. The van der Waals surface area contributed by atoms with Crippen LogP contribution >= 0.6 is 0 Å². The van der Waals surface area contributed by atoms with Gasteiger partial charge in [0.2, 0.25) is 0 Å². The Bertz CT molecular complexity index is 559. The second kappa shape index (κ2) is 36.1. The molecule has 42 heavy (non-hydrogen) atoms. The predicted octanol–water partition coefficient (Wildman–Crippen LogP) is 10.6. The van der Waals surface area contributed by atoms with E-state index in [1.54, 1.807) is 0 Å². The second-order valence-corrected chi connectivity index (χ2v) is 12.4. The fraction of sp³-hybridized carbons (Fsp3) is 0.944. The molecule has 6 nitrogen and oxygen atoms in total. The molecule has 0 rings (SSSR count). The van der Waals surface area contributed by atoms with E-state index in [9.17, 15) is 9.59 Å². The van der Waals surface area contributed by atoms with Crippen molar-refractivity contribution in [2.75, 3.05) is 0 Å². The van der Waals surface area contributed by atoms with Gasteiger partial charge in [0.25, 0.3) is 0 Å². The maximum absolute atomic E-state index is 10.7. The van der Waals surface area contributed by atoms with Crippen LogP contribution in [0.4, 0.5) is 0 Å². The molecular formula is C36H74N2O4. The first kappa shape index (κ1) is 43.0. The molecule has 0 amide bonds.